The first-order valence-electron chi connectivity index (χ1n) is 20.5. The summed E-state index contributed by atoms with van der Waals surface area (Å²) in [4.78, 5) is 25.5. The molecule has 0 atom stereocenters. The molecule has 3 aromatic carbocycles. The minimum Gasteiger partial charge on any atom is -0.493 e. The SMILES string of the molecule is CC(C)(C)OC(=O)NCc1ncc(Br)s1.CCc1ncc(Sc2cc(OC)c(OC)c(OC)c2)s1.COc1cc(S(=O)(=O)c2cnc(CN)s2)cc(OC)c1OC.COc1cc(S)cc(OC)c1OC.Cl. The van der Waals surface area contributed by atoms with E-state index < -0.39 is 21.5 Å². The second-order valence-corrected chi connectivity index (χ2v) is 23.1. The molecule has 0 bridgehead atoms. The Balaban J connectivity index is 0.000000330. The number of ether oxygens (including phenoxy) is 10. The van der Waals surface area contributed by atoms with Crippen LogP contribution in [0.5, 0.6) is 51.7 Å². The third kappa shape index (κ3) is 18.8. The van der Waals surface area contributed by atoms with Crippen molar-refractivity contribution in [3.8, 4) is 51.7 Å². The van der Waals surface area contributed by atoms with Gasteiger partial charge in [0.1, 0.15) is 19.8 Å². The largest absolute Gasteiger partial charge is 0.493 e. The van der Waals surface area contributed by atoms with E-state index in [-0.39, 0.29) is 39.6 Å². The molecule has 0 aliphatic heterocycles. The molecule has 0 saturated heterocycles. The number of thiazole rings is 3. The number of hydrogen-bond donors (Lipinski definition) is 3. The van der Waals surface area contributed by atoms with Gasteiger partial charge in [-0.1, -0.05) is 18.7 Å². The van der Waals surface area contributed by atoms with Gasteiger partial charge in [-0.3, -0.25) is 0 Å². The highest BCUT2D eigenvalue weighted by molar-refractivity contribution is 9.11. The predicted molar refractivity (Wildman–Crippen MR) is 287 cm³/mol. The summed E-state index contributed by atoms with van der Waals surface area (Å²) in [5.41, 5.74) is 5.01. The highest BCUT2D eigenvalue weighted by Gasteiger charge is 2.25. The van der Waals surface area contributed by atoms with Gasteiger partial charge in [0.25, 0.3) is 0 Å². The van der Waals surface area contributed by atoms with Gasteiger partial charge in [-0.25, -0.2) is 28.2 Å². The molecule has 71 heavy (non-hydrogen) atoms. The molecule has 3 aromatic heterocycles. The van der Waals surface area contributed by atoms with Crippen LogP contribution >= 0.6 is 86.7 Å². The molecule has 0 fully saturated rings. The number of benzene rings is 3. The maximum absolute atomic E-state index is 12.7. The van der Waals surface area contributed by atoms with E-state index in [4.69, 9.17) is 53.1 Å². The lowest BCUT2D eigenvalue weighted by molar-refractivity contribution is 0.0523. The number of sulfone groups is 1. The summed E-state index contributed by atoms with van der Waals surface area (Å²) in [5.74, 6) is 4.62. The number of thiol groups is 1. The Morgan fingerprint density at radius 1 is 0.676 bits per heavy atom. The number of nitrogens with one attached hydrogen (secondary N) is 1. The van der Waals surface area contributed by atoms with Gasteiger partial charge in [0.15, 0.2) is 34.5 Å². The lowest BCUT2D eigenvalue weighted by atomic mass is 10.2. The van der Waals surface area contributed by atoms with Crippen molar-refractivity contribution in [1.82, 2.24) is 20.3 Å². The quantitative estimate of drug-likeness (QED) is 0.0723. The predicted octanol–water partition coefficient (Wildman–Crippen LogP) is 10.7. The van der Waals surface area contributed by atoms with Crippen molar-refractivity contribution in [1.29, 1.82) is 0 Å². The number of halogens is 2. The molecule has 392 valence electrons. The first kappa shape index (κ1) is 62.5. The number of methoxy groups -OCH3 is 9. The van der Waals surface area contributed by atoms with Crippen LogP contribution in [0.15, 0.2) is 81.9 Å². The van der Waals surface area contributed by atoms with Gasteiger partial charge in [-0.15, -0.1) is 59.0 Å². The van der Waals surface area contributed by atoms with Gasteiger partial charge in [0.2, 0.25) is 27.1 Å². The molecule has 26 heteroatoms. The molecular formula is C45H59BrClN5O13S6. The van der Waals surface area contributed by atoms with Gasteiger partial charge in [-0.05, 0) is 67.4 Å². The normalized spacial score (nSPS) is 10.5. The molecule has 0 radical (unpaired) electrons. The molecule has 0 aliphatic carbocycles. The molecule has 6 aromatic rings. The van der Waals surface area contributed by atoms with E-state index in [2.05, 4.69) is 55.8 Å². The molecule has 0 aliphatic rings. The smallest absolute Gasteiger partial charge is 0.408 e. The third-order valence-corrected chi connectivity index (χ3v) is 15.7. The van der Waals surface area contributed by atoms with Crippen molar-refractivity contribution in [3.05, 3.63) is 73.8 Å². The summed E-state index contributed by atoms with van der Waals surface area (Å²) in [7, 11) is 10.1. The number of aromatic nitrogens is 3. The van der Waals surface area contributed by atoms with Crippen LogP contribution in [0.2, 0.25) is 0 Å². The molecular weight excluding hydrogens is 1130 g/mol. The van der Waals surface area contributed by atoms with E-state index in [1.165, 1.54) is 51.0 Å². The number of carbonyl (C=O) groups excluding carboxylic acids is 1. The number of carbonyl (C=O) groups is 1. The molecule has 1 amide bonds. The Morgan fingerprint density at radius 2 is 1.13 bits per heavy atom. The molecule has 3 heterocycles. The van der Waals surface area contributed by atoms with Gasteiger partial charge in [0.05, 0.1) is 107 Å². The Labute approximate surface area is 451 Å². The second-order valence-electron chi connectivity index (χ2n) is 14.3. The summed E-state index contributed by atoms with van der Waals surface area (Å²) in [6, 6.07) is 10.2. The summed E-state index contributed by atoms with van der Waals surface area (Å²) in [5, 5.41) is 5.16. The highest BCUT2D eigenvalue weighted by Crippen LogP contribution is 2.44. The van der Waals surface area contributed by atoms with Crippen LogP contribution in [0, 0.1) is 0 Å². The lowest BCUT2D eigenvalue weighted by Crippen LogP contribution is -2.32. The molecule has 0 spiro atoms. The van der Waals surface area contributed by atoms with Crippen LogP contribution in [0.3, 0.4) is 0 Å². The van der Waals surface area contributed by atoms with Crippen molar-refractivity contribution in [2.24, 2.45) is 5.73 Å². The van der Waals surface area contributed by atoms with E-state index in [9.17, 15) is 13.2 Å². The maximum atomic E-state index is 12.7. The number of nitrogens with two attached hydrogens (primary N) is 1. The van der Waals surface area contributed by atoms with Crippen molar-refractivity contribution in [3.63, 3.8) is 0 Å². The monoisotopic (exact) mass is 1180 g/mol. The zero-order chi connectivity index (χ0) is 52.2. The summed E-state index contributed by atoms with van der Waals surface area (Å²) >= 11 is 13.4. The summed E-state index contributed by atoms with van der Waals surface area (Å²) < 4.78 is 79.5. The molecule has 0 saturated carbocycles. The average molecular weight is 1190 g/mol. The van der Waals surface area contributed by atoms with Crippen LogP contribution in [0.4, 0.5) is 4.79 Å². The van der Waals surface area contributed by atoms with E-state index in [0.29, 0.717) is 51.8 Å². The first-order chi connectivity index (χ1) is 33.3. The molecule has 0 unspecified atom stereocenters. The van der Waals surface area contributed by atoms with Gasteiger partial charge < -0.3 is 58.4 Å². The standard InChI is InChI=1S/C14H17NO3S2.C13H16N2O5S2.C9H13BrN2O2S.C9H12O3S.ClH/c1-5-12-15-8-13(20-12)19-9-6-10(16-2)14(18-4)11(7-9)17-3;1-18-9-4-8(5-10(19-2)13(9)20-3)22(16,17)12-7-15-11(6-14)21-12;1-9(2,3)14-8(13)12-5-7-11-4-6(10)15-7;1-10-7-4-6(13)5-8(11-2)9(7)12-3;/h6-8H,5H2,1-4H3;4-5,7H,6,14H2,1-3H3;4H,5H2,1-3H3,(H,12,13);4-5,13H,1-3H3;1H. The van der Waals surface area contributed by atoms with Crippen LogP contribution in [0.1, 0.15) is 42.7 Å². The van der Waals surface area contributed by atoms with Gasteiger partial charge >= 0.3 is 6.09 Å². The van der Waals surface area contributed by atoms with Crippen molar-refractivity contribution in [2.75, 3.05) is 64.0 Å². The average Bonchev–Trinajstić information content (AvgIpc) is 4.14. The number of aryl methyl sites for hydroxylation is 1. The Kier molecular flexibility index (Phi) is 26.8. The van der Waals surface area contributed by atoms with E-state index in [0.717, 1.165) is 45.6 Å². The zero-order valence-electron chi connectivity index (χ0n) is 41.3. The number of rotatable bonds is 17. The number of nitrogens with zero attached hydrogens (tertiary/aromatic N) is 3. The van der Waals surface area contributed by atoms with Crippen molar-refractivity contribution < 1.29 is 60.6 Å². The topological polar surface area (TPSA) is 220 Å². The van der Waals surface area contributed by atoms with Crippen molar-refractivity contribution in [2.45, 2.75) is 75.9 Å². The molecule has 6 rings (SSSR count). The Bertz CT molecular complexity index is 2640. The summed E-state index contributed by atoms with van der Waals surface area (Å²) in [6.45, 7) is 8.17. The number of hydrogen-bond acceptors (Lipinski definition) is 22. The minimum atomic E-state index is -3.73. The highest BCUT2D eigenvalue weighted by atomic mass is 79.9. The van der Waals surface area contributed by atoms with E-state index in [1.807, 2.05) is 39.1 Å². The molecule has 3 N–H and O–H groups in total. The van der Waals surface area contributed by atoms with Crippen LogP contribution in [0.25, 0.3) is 0 Å². The Morgan fingerprint density at radius 3 is 1.51 bits per heavy atom. The van der Waals surface area contributed by atoms with Crippen LogP contribution in [-0.4, -0.2) is 99.1 Å². The van der Waals surface area contributed by atoms with E-state index >= 15 is 0 Å². The lowest BCUT2D eigenvalue weighted by Gasteiger charge is -2.19. The number of amides is 1. The number of alkyl carbamates (subject to hydrolysis) is 1. The molecule has 18 nitrogen and oxygen atoms in total. The first-order valence-corrected chi connectivity index (χ1v) is 26.5. The zero-order valence-corrected chi connectivity index (χ0v) is 48.7. The summed E-state index contributed by atoms with van der Waals surface area (Å²) in [6.07, 6.45) is 5.44. The minimum absolute atomic E-state index is 0. The maximum Gasteiger partial charge on any atom is 0.408 e. The Hall–Kier alpha value is -4.60. The van der Waals surface area contributed by atoms with Crippen LogP contribution < -0.4 is 53.7 Å². The fraction of sp³-hybridized carbons (Fsp3) is 0.378. The van der Waals surface area contributed by atoms with Crippen LogP contribution in [-0.2, 0) is 34.1 Å². The fourth-order valence-electron chi connectivity index (χ4n) is 5.48. The van der Waals surface area contributed by atoms with Gasteiger partial charge in [-0.2, -0.15) is 0 Å². The second kappa shape index (κ2) is 30.4. The third-order valence-electron chi connectivity index (χ3n) is 8.57. The van der Waals surface area contributed by atoms with E-state index in [1.54, 1.807) is 84.1 Å². The van der Waals surface area contributed by atoms with Crippen molar-refractivity contribution >= 4 is 103 Å². The fourth-order valence-corrected chi connectivity index (χ4v) is 11.4. The van der Waals surface area contributed by atoms with Gasteiger partial charge in [0, 0.05) is 28.5 Å².